The summed E-state index contributed by atoms with van der Waals surface area (Å²) >= 11 is 0. The lowest BCUT2D eigenvalue weighted by Gasteiger charge is -2.14. The van der Waals surface area contributed by atoms with E-state index in [0.29, 0.717) is 31.0 Å². The molecule has 1 saturated heterocycles. The van der Waals surface area contributed by atoms with Crippen LogP contribution in [0, 0.1) is 6.92 Å². The van der Waals surface area contributed by atoms with Gasteiger partial charge < -0.3 is 20.7 Å². The number of benzene rings is 1. The molecule has 0 spiro atoms. The maximum atomic E-state index is 12.0. The van der Waals surface area contributed by atoms with Crippen molar-refractivity contribution >= 4 is 17.6 Å². The fourth-order valence-electron chi connectivity index (χ4n) is 2.23. The molecule has 1 aromatic rings. The summed E-state index contributed by atoms with van der Waals surface area (Å²) in [4.78, 5) is 24.0. The van der Waals surface area contributed by atoms with Crippen molar-refractivity contribution in [3.8, 4) is 0 Å². The zero-order valence-corrected chi connectivity index (χ0v) is 13.1. The van der Waals surface area contributed by atoms with Crippen LogP contribution in [0.5, 0.6) is 0 Å². The van der Waals surface area contributed by atoms with Crippen LogP contribution in [0.2, 0.25) is 0 Å². The first-order valence-electron chi connectivity index (χ1n) is 7.64. The van der Waals surface area contributed by atoms with Gasteiger partial charge in [0, 0.05) is 24.4 Å². The largest absolute Gasteiger partial charge is 0.379 e. The van der Waals surface area contributed by atoms with E-state index in [-0.39, 0.29) is 18.0 Å². The van der Waals surface area contributed by atoms with E-state index in [1.165, 1.54) is 0 Å². The van der Waals surface area contributed by atoms with Gasteiger partial charge in [0.15, 0.2) is 0 Å². The average molecular weight is 305 g/mol. The molecule has 0 aliphatic carbocycles. The Bertz CT molecular complexity index is 539. The van der Waals surface area contributed by atoms with Gasteiger partial charge in [-0.3, -0.25) is 4.79 Å². The van der Waals surface area contributed by atoms with Gasteiger partial charge in [-0.2, -0.15) is 0 Å². The Kier molecular flexibility index (Phi) is 5.77. The molecule has 0 radical (unpaired) electrons. The SMILES string of the molecule is CCCNC(=O)c1ccc(C)c(NC(=O)NC2CCOC2)c1. The number of aryl methyl sites for hydroxylation is 1. The molecule has 22 heavy (non-hydrogen) atoms. The fourth-order valence-corrected chi connectivity index (χ4v) is 2.23. The molecule has 3 N–H and O–H groups in total. The Labute approximate surface area is 130 Å². The lowest BCUT2D eigenvalue weighted by molar-refractivity contribution is 0.0953. The minimum absolute atomic E-state index is 0.0522. The van der Waals surface area contributed by atoms with Crippen molar-refractivity contribution in [2.45, 2.75) is 32.7 Å². The van der Waals surface area contributed by atoms with Gasteiger partial charge in [-0.15, -0.1) is 0 Å². The predicted octanol–water partition coefficient (Wildman–Crippen LogP) is 2.05. The molecule has 1 unspecified atom stereocenters. The number of hydrogen-bond donors (Lipinski definition) is 3. The third-order valence-electron chi connectivity index (χ3n) is 3.55. The molecule has 1 atom stereocenters. The van der Waals surface area contributed by atoms with Gasteiger partial charge in [0.25, 0.3) is 5.91 Å². The second kappa shape index (κ2) is 7.79. The van der Waals surface area contributed by atoms with Crippen molar-refractivity contribution in [1.82, 2.24) is 10.6 Å². The first-order chi connectivity index (χ1) is 10.6. The maximum Gasteiger partial charge on any atom is 0.319 e. The smallest absolute Gasteiger partial charge is 0.319 e. The number of carbonyl (C=O) groups excluding carboxylic acids is 2. The van der Waals surface area contributed by atoms with Crippen LogP contribution in [0.15, 0.2) is 18.2 Å². The maximum absolute atomic E-state index is 12.0. The van der Waals surface area contributed by atoms with E-state index < -0.39 is 0 Å². The van der Waals surface area contributed by atoms with Crippen molar-refractivity contribution in [1.29, 1.82) is 0 Å². The minimum atomic E-state index is -0.273. The average Bonchev–Trinajstić information content (AvgIpc) is 2.99. The number of nitrogens with one attached hydrogen (secondary N) is 3. The second-order valence-corrected chi connectivity index (χ2v) is 5.44. The van der Waals surface area contributed by atoms with E-state index in [1.54, 1.807) is 12.1 Å². The molecule has 0 bridgehead atoms. The summed E-state index contributed by atoms with van der Waals surface area (Å²) < 4.78 is 5.22. The summed E-state index contributed by atoms with van der Waals surface area (Å²) in [7, 11) is 0. The third-order valence-corrected chi connectivity index (χ3v) is 3.55. The van der Waals surface area contributed by atoms with E-state index in [4.69, 9.17) is 4.74 Å². The molecule has 120 valence electrons. The summed E-state index contributed by atoms with van der Waals surface area (Å²) in [6.07, 6.45) is 1.71. The molecule has 0 saturated carbocycles. The summed E-state index contributed by atoms with van der Waals surface area (Å²) in [6.45, 7) is 5.75. The van der Waals surface area contributed by atoms with Crippen LogP contribution in [0.3, 0.4) is 0 Å². The molecule has 0 aromatic heterocycles. The molecule has 2 rings (SSSR count). The van der Waals surface area contributed by atoms with E-state index >= 15 is 0 Å². The van der Waals surface area contributed by atoms with Crippen molar-refractivity contribution in [2.24, 2.45) is 0 Å². The van der Waals surface area contributed by atoms with Crippen LogP contribution in [0.25, 0.3) is 0 Å². The van der Waals surface area contributed by atoms with Crippen molar-refractivity contribution < 1.29 is 14.3 Å². The van der Waals surface area contributed by atoms with E-state index in [1.807, 2.05) is 19.9 Å². The first kappa shape index (κ1) is 16.3. The molecule has 1 aliphatic rings. The molecule has 1 fully saturated rings. The molecular weight excluding hydrogens is 282 g/mol. The number of ether oxygens (including phenoxy) is 1. The number of anilines is 1. The highest BCUT2D eigenvalue weighted by Gasteiger charge is 2.18. The van der Waals surface area contributed by atoms with Gasteiger partial charge in [0.05, 0.1) is 12.6 Å². The van der Waals surface area contributed by atoms with E-state index in [0.717, 1.165) is 18.4 Å². The standard InChI is InChI=1S/C16H23N3O3/c1-3-7-17-15(20)12-5-4-11(2)14(9-12)19-16(21)18-13-6-8-22-10-13/h4-5,9,13H,3,6-8,10H2,1-2H3,(H,17,20)(H2,18,19,21). The summed E-state index contributed by atoms with van der Waals surface area (Å²) in [5.74, 6) is -0.130. The van der Waals surface area contributed by atoms with Crippen LogP contribution in [-0.2, 0) is 4.74 Å². The number of urea groups is 1. The lowest BCUT2D eigenvalue weighted by Crippen LogP contribution is -2.38. The first-order valence-corrected chi connectivity index (χ1v) is 7.64. The van der Waals surface area contributed by atoms with Gasteiger partial charge in [0.2, 0.25) is 0 Å². The van der Waals surface area contributed by atoms with E-state index in [9.17, 15) is 9.59 Å². The highest BCUT2D eigenvalue weighted by molar-refractivity contribution is 5.97. The second-order valence-electron chi connectivity index (χ2n) is 5.44. The predicted molar refractivity (Wildman–Crippen MR) is 85.2 cm³/mol. The van der Waals surface area contributed by atoms with Crippen molar-refractivity contribution in [3.63, 3.8) is 0 Å². The molecule has 1 heterocycles. The van der Waals surface area contributed by atoms with Crippen LogP contribution in [-0.4, -0.2) is 37.7 Å². The summed E-state index contributed by atoms with van der Waals surface area (Å²) in [6, 6.07) is 5.06. The highest BCUT2D eigenvalue weighted by atomic mass is 16.5. The molecular formula is C16H23N3O3. The Hall–Kier alpha value is -2.08. The number of rotatable bonds is 5. The minimum Gasteiger partial charge on any atom is -0.379 e. The zero-order valence-electron chi connectivity index (χ0n) is 13.1. The summed E-state index contributed by atoms with van der Waals surface area (Å²) in [5.41, 5.74) is 2.09. The van der Waals surface area contributed by atoms with Crippen LogP contribution >= 0.6 is 0 Å². The zero-order chi connectivity index (χ0) is 15.9. The number of carbonyl (C=O) groups is 2. The monoisotopic (exact) mass is 305 g/mol. The molecule has 3 amide bonds. The fraction of sp³-hybridized carbons (Fsp3) is 0.500. The summed E-state index contributed by atoms with van der Waals surface area (Å²) in [5, 5.41) is 8.49. The van der Waals surface area contributed by atoms with E-state index in [2.05, 4.69) is 16.0 Å². The van der Waals surface area contributed by atoms with Crippen LogP contribution < -0.4 is 16.0 Å². The Morgan fingerprint density at radius 3 is 2.86 bits per heavy atom. The molecule has 6 nitrogen and oxygen atoms in total. The van der Waals surface area contributed by atoms with Gasteiger partial charge in [-0.1, -0.05) is 13.0 Å². The third kappa shape index (κ3) is 4.46. The van der Waals surface area contributed by atoms with Gasteiger partial charge in [-0.25, -0.2) is 4.79 Å². The number of amides is 3. The Balaban J connectivity index is 1.99. The number of hydrogen-bond acceptors (Lipinski definition) is 3. The van der Waals surface area contributed by atoms with Gasteiger partial charge >= 0.3 is 6.03 Å². The van der Waals surface area contributed by atoms with Crippen molar-refractivity contribution in [2.75, 3.05) is 25.1 Å². The van der Waals surface area contributed by atoms with Crippen LogP contribution in [0.1, 0.15) is 35.7 Å². The molecule has 1 aromatic carbocycles. The molecule has 6 heteroatoms. The highest BCUT2D eigenvalue weighted by Crippen LogP contribution is 2.17. The topological polar surface area (TPSA) is 79.5 Å². The Morgan fingerprint density at radius 2 is 2.18 bits per heavy atom. The van der Waals surface area contributed by atoms with Gasteiger partial charge in [0.1, 0.15) is 0 Å². The Morgan fingerprint density at radius 1 is 1.36 bits per heavy atom. The lowest BCUT2D eigenvalue weighted by atomic mass is 10.1. The normalized spacial score (nSPS) is 17.1. The molecule has 1 aliphatic heterocycles. The van der Waals surface area contributed by atoms with Gasteiger partial charge in [-0.05, 0) is 37.5 Å². The quantitative estimate of drug-likeness (QED) is 0.779. The van der Waals surface area contributed by atoms with Crippen LogP contribution in [0.4, 0.5) is 10.5 Å². The van der Waals surface area contributed by atoms with Crippen molar-refractivity contribution in [3.05, 3.63) is 29.3 Å².